The third-order valence-electron chi connectivity index (χ3n) is 2.36. The van der Waals surface area contributed by atoms with Crippen LogP contribution in [0.3, 0.4) is 0 Å². The van der Waals surface area contributed by atoms with Crippen molar-refractivity contribution in [3.63, 3.8) is 0 Å². The van der Waals surface area contributed by atoms with E-state index in [1.165, 1.54) is 0 Å². The Labute approximate surface area is 86.8 Å². The van der Waals surface area contributed by atoms with Gasteiger partial charge in [-0.1, -0.05) is 0 Å². The van der Waals surface area contributed by atoms with Crippen molar-refractivity contribution < 1.29 is 23.0 Å². The lowest BCUT2D eigenvalue weighted by Gasteiger charge is -2.31. The van der Waals surface area contributed by atoms with Crippen LogP contribution in [0.2, 0.25) is 0 Å². The van der Waals surface area contributed by atoms with E-state index >= 15 is 0 Å². The molecule has 0 amide bonds. The van der Waals surface area contributed by atoms with Crippen molar-refractivity contribution in [1.82, 2.24) is 4.90 Å². The van der Waals surface area contributed by atoms with Gasteiger partial charge in [0.25, 0.3) is 0 Å². The van der Waals surface area contributed by atoms with Crippen LogP contribution in [-0.4, -0.2) is 55.1 Å². The first-order valence-electron chi connectivity index (χ1n) is 5.03. The zero-order chi connectivity index (χ0) is 11.3. The standard InChI is InChI=1S/C9H16F3NO2/c10-9(11,12)2-1-3-13-4-5-15-8(6-13)7-14/h8,14H,1-7H2. The van der Waals surface area contributed by atoms with E-state index in [1.54, 1.807) is 0 Å². The lowest BCUT2D eigenvalue weighted by atomic mass is 10.2. The number of rotatable bonds is 4. The van der Waals surface area contributed by atoms with Crippen LogP contribution in [0.1, 0.15) is 12.8 Å². The molecule has 15 heavy (non-hydrogen) atoms. The van der Waals surface area contributed by atoms with Crippen LogP contribution in [-0.2, 0) is 4.74 Å². The molecule has 0 radical (unpaired) electrons. The van der Waals surface area contributed by atoms with Crippen LogP contribution in [0, 0.1) is 0 Å². The van der Waals surface area contributed by atoms with E-state index in [2.05, 4.69) is 0 Å². The minimum atomic E-state index is -4.07. The molecular formula is C9H16F3NO2. The number of morpholine rings is 1. The SMILES string of the molecule is OCC1CN(CCCC(F)(F)F)CCO1. The number of nitrogens with zero attached hydrogens (tertiary/aromatic N) is 1. The van der Waals surface area contributed by atoms with Gasteiger partial charge in [0.2, 0.25) is 0 Å². The Morgan fingerprint density at radius 3 is 2.73 bits per heavy atom. The highest BCUT2D eigenvalue weighted by Crippen LogP contribution is 2.21. The van der Waals surface area contributed by atoms with E-state index in [-0.39, 0.29) is 19.1 Å². The molecule has 1 aliphatic heterocycles. The summed E-state index contributed by atoms with van der Waals surface area (Å²) in [6.07, 6.45) is -4.94. The highest BCUT2D eigenvalue weighted by Gasteiger charge is 2.27. The van der Waals surface area contributed by atoms with Gasteiger partial charge in [-0.2, -0.15) is 13.2 Å². The normalized spacial score (nSPS) is 24.4. The van der Waals surface area contributed by atoms with Crippen LogP contribution in [0.15, 0.2) is 0 Å². The molecule has 1 N–H and O–H groups in total. The van der Waals surface area contributed by atoms with E-state index in [9.17, 15) is 13.2 Å². The summed E-state index contributed by atoms with van der Waals surface area (Å²) in [6.45, 7) is 2.00. The Hall–Kier alpha value is -0.330. The van der Waals surface area contributed by atoms with Crippen molar-refractivity contribution in [3.8, 4) is 0 Å². The van der Waals surface area contributed by atoms with E-state index in [1.807, 2.05) is 4.90 Å². The summed E-state index contributed by atoms with van der Waals surface area (Å²) in [5, 5.41) is 8.83. The number of hydrogen-bond donors (Lipinski definition) is 1. The summed E-state index contributed by atoms with van der Waals surface area (Å²) in [4.78, 5) is 1.90. The fraction of sp³-hybridized carbons (Fsp3) is 1.00. The van der Waals surface area contributed by atoms with E-state index in [0.717, 1.165) is 0 Å². The Morgan fingerprint density at radius 2 is 2.13 bits per heavy atom. The van der Waals surface area contributed by atoms with Crippen molar-refractivity contribution in [2.45, 2.75) is 25.1 Å². The van der Waals surface area contributed by atoms with Crippen molar-refractivity contribution in [1.29, 1.82) is 0 Å². The number of halogens is 3. The molecule has 0 aromatic carbocycles. The monoisotopic (exact) mass is 227 g/mol. The summed E-state index contributed by atoms with van der Waals surface area (Å²) in [6, 6.07) is 0. The Morgan fingerprint density at radius 1 is 1.40 bits per heavy atom. The highest BCUT2D eigenvalue weighted by molar-refractivity contribution is 4.70. The maximum Gasteiger partial charge on any atom is 0.389 e. The van der Waals surface area contributed by atoms with Gasteiger partial charge in [0, 0.05) is 19.5 Å². The van der Waals surface area contributed by atoms with Crippen molar-refractivity contribution in [2.75, 3.05) is 32.8 Å². The zero-order valence-corrected chi connectivity index (χ0v) is 8.46. The topological polar surface area (TPSA) is 32.7 Å². The predicted molar refractivity (Wildman–Crippen MR) is 48.6 cm³/mol. The smallest absolute Gasteiger partial charge is 0.389 e. The van der Waals surface area contributed by atoms with E-state index in [4.69, 9.17) is 9.84 Å². The van der Waals surface area contributed by atoms with Crippen molar-refractivity contribution >= 4 is 0 Å². The van der Waals surface area contributed by atoms with Crippen LogP contribution in [0.5, 0.6) is 0 Å². The summed E-state index contributed by atoms with van der Waals surface area (Å²) in [5.41, 5.74) is 0. The molecule has 0 bridgehead atoms. The fourth-order valence-corrected chi connectivity index (χ4v) is 1.60. The Kier molecular flexibility index (Phi) is 4.82. The molecule has 1 heterocycles. The van der Waals surface area contributed by atoms with Gasteiger partial charge in [0.15, 0.2) is 0 Å². The molecule has 0 saturated carbocycles. The molecular weight excluding hydrogens is 211 g/mol. The second kappa shape index (κ2) is 5.67. The molecule has 3 nitrogen and oxygen atoms in total. The van der Waals surface area contributed by atoms with Gasteiger partial charge in [-0.25, -0.2) is 0 Å². The summed E-state index contributed by atoms with van der Waals surface area (Å²) in [5.74, 6) is 0. The zero-order valence-electron chi connectivity index (χ0n) is 8.46. The van der Waals surface area contributed by atoms with Crippen LogP contribution in [0.4, 0.5) is 13.2 Å². The quantitative estimate of drug-likeness (QED) is 0.778. The predicted octanol–water partition coefficient (Wildman–Crippen LogP) is 1.02. The molecule has 0 aromatic heterocycles. The third kappa shape index (κ3) is 5.34. The Balaban J connectivity index is 2.15. The first kappa shape index (κ1) is 12.7. The number of aliphatic hydroxyl groups excluding tert-OH is 1. The largest absolute Gasteiger partial charge is 0.394 e. The molecule has 1 atom stereocenters. The second-order valence-electron chi connectivity index (χ2n) is 3.69. The van der Waals surface area contributed by atoms with Gasteiger partial charge >= 0.3 is 6.18 Å². The molecule has 0 aromatic rings. The molecule has 1 rings (SSSR count). The molecule has 6 heteroatoms. The van der Waals surface area contributed by atoms with E-state index < -0.39 is 12.6 Å². The van der Waals surface area contributed by atoms with Gasteiger partial charge in [-0.3, -0.25) is 4.90 Å². The minimum absolute atomic E-state index is 0.0736. The van der Waals surface area contributed by atoms with Gasteiger partial charge in [-0.05, 0) is 13.0 Å². The molecule has 1 fully saturated rings. The third-order valence-corrected chi connectivity index (χ3v) is 2.36. The van der Waals surface area contributed by atoms with Crippen molar-refractivity contribution in [2.24, 2.45) is 0 Å². The first-order chi connectivity index (χ1) is 7.01. The second-order valence-corrected chi connectivity index (χ2v) is 3.69. The average molecular weight is 227 g/mol. The minimum Gasteiger partial charge on any atom is -0.394 e. The summed E-state index contributed by atoms with van der Waals surface area (Å²) >= 11 is 0. The van der Waals surface area contributed by atoms with Gasteiger partial charge in [-0.15, -0.1) is 0 Å². The number of ether oxygens (including phenoxy) is 1. The van der Waals surface area contributed by atoms with Gasteiger partial charge in [0.1, 0.15) is 0 Å². The molecule has 1 unspecified atom stereocenters. The molecule has 90 valence electrons. The van der Waals surface area contributed by atoms with E-state index in [0.29, 0.717) is 26.2 Å². The molecule has 0 spiro atoms. The van der Waals surface area contributed by atoms with Crippen LogP contribution >= 0.6 is 0 Å². The van der Waals surface area contributed by atoms with Gasteiger partial charge < -0.3 is 9.84 Å². The lowest BCUT2D eigenvalue weighted by molar-refractivity contribution is -0.137. The molecule has 1 saturated heterocycles. The fourth-order valence-electron chi connectivity index (χ4n) is 1.60. The summed E-state index contributed by atoms with van der Waals surface area (Å²) < 4.78 is 40.8. The lowest BCUT2D eigenvalue weighted by Crippen LogP contribution is -2.44. The highest BCUT2D eigenvalue weighted by atomic mass is 19.4. The maximum absolute atomic E-state index is 11.9. The number of aliphatic hydroxyl groups is 1. The summed E-state index contributed by atoms with van der Waals surface area (Å²) in [7, 11) is 0. The van der Waals surface area contributed by atoms with Crippen LogP contribution in [0.25, 0.3) is 0 Å². The van der Waals surface area contributed by atoms with Crippen molar-refractivity contribution in [3.05, 3.63) is 0 Å². The first-order valence-corrected chi connectivity index (χ1v) is 5.03. The number of alkyl halides is 3. The average Bonchev–Trinajstić information content (AvgIpc) is 2.16. The Bertz CT molecular complexity index is 187. The molecule has 0 aliphatic carbocycles. The number of hydrogen-bond acceptors (Lipinski definition) is 3. The maximum atomic E-state index is 11.9. The van der Waals surface area contributed by atoms with Gasteiger partial charge in [0.05, 0.1) is 19.3 Å². The van der Waals surface area contributed by atoms with Crippen LogP contribution < -0.4 is 0 Å². The molecule has 1 aliphatic rings.